The van der Waals surface area contributed by atoms with Gasteiger partial charge in [-0.3, -0.25) is 0 Å². The second-order valence-electron chi connectivity index (χ2n) is 4.18. The number of halogens is 2. The maximum absolute atomic E-state index is 9.35. The number of hydrogen-bond donors (Lipinski definition) is 0. The standard InChI is InChI=1S/C15H11Cl2N/c1-10-2-4-11(5-3-10)15(9-18)12-6-13(16)8-14(17)7-12/h2-8,15H,1H3. The highest BCUT2D eigenvalue weighted by molar-refractivity contribution is 6.34. The first kappa shape index (κ1) is 13.0. The lowest BCUT2D eigenvalue weighted by Crippen LogP contribution is -1.98. The third-order valence-corrected chi connectivity index (χ3v) is 3.19. The molecular formula is C15H11Cl2N. The molecule has 1 nitrogen and oxygen atoms in total. The van der Waals surface area contributed by atoms with E-state index in [0.29, 0.717) is 10.0 Å². The van der Waals surface area contributed by atoms with Crippen LogP contribution in [-0.2, 0) is 0 Å². The Labute approximate surface area is 117 Å². The van der Waals surface area contributed by atoms with Gasteiger partial charge in [-0.05, 0) is 36.2 Å². The van der Waals surface area contributed by atoms with Crippen LogP contribution in [0.4, 0.5) is 0 Å². The lowest BCUT2D eigenvalue weighted by atomic mass is 9.92. The Morgan fingerprint density at radius 2 is 1.50 bits per heavy atom. The van der Waals surface area contributed by atoms with Crippen LogP contribution in [0.2, 0.25) is 10.0 Å². The topological polar surface area (TPSA) is 23.8 Å². The molecule has 0 amide bonds. The molecular weight excluding hydrogens is 265 g/mol. The highest BCUT2D eigenvalue weighted by Gasteiger charge is 2.14. The Morgan fingerprint density at radius 1 is 0.944 bits per heavy atom. The fourth-order valence-electron chi connectivity index (χ4n) is 1.84. The van der Waals surface area contributed by atoms with E-state index in [1.165, 1.54) is 5.56 Å². The first-order chi connectivity index (χ1) is 8.60. The van der Waals surface area contributed by atoms with Gasteiger partial charge in [0.2, 0.25) is 0 Å². The Hall–Kier alpha value is -1.49. The van der Waals surface area contributed by atoms with Crippen LogP contribution in [-0.4, -0.2) is 0 Å². The molecule has 2 aromatic rings. The lowest BCUT2D eigenvalue weighted by molar-refractivity contribution is 1.04. The van der Waals surface area contributed by atoms with E-state index in [-0.39, 0.29) is 5.92 Å². The number of rotatable bonds is 2. The molecule has 90 valence electrons. The number of hydrogen-bond acceptors (Lipinski definition) is 1. The molecule has 0 spiro atoms. The molecule has 0 saturated heterocycles. The lowest BCUT2D eigenvalue weighted by Gasteiger charge is -2.11. The van der Waals surface area contributed by atoms with Crippen molar-refractivity contribution >= 4 is 23.2 Å². The maximum atomic E-state index is 9.35. The second kappa shape index (κ2) is 5.44. The van der Waals surface area contributed by atoms with E-state index in [1.54, 1.807) is 18.2 Å². The smallest absolute Gasteiger partial charge is 0.0963 e. The molecule has 0 aromatic heterocycles. The predicted molar refractivity (Wildman–Crippen MR) is 75.1 cm³/mol. The Kier molecular flexibility index (Phi) is 3.91. The van der Waals surface area contributed by atoms with Crippen LogP contribution in [0.1, 0.15) is 22.6 Å². The van der Waals surface area contributed by atoms with Crippen molar-refractivity contribution in [2.24, 2.45) is 0 Å². The van der Waals surface area contributed by atoms with Gasteiger partial charge in [-0.1, -0.05) is 53.0 Å². The van der Waals surface area contributed by atoms with Gasteiger partial charge in [-0.2, -0.15) is 5.26 Å². The van der Waals surface area contributed by atoms with E-state index < -0.39 is 0 Å². The minimum Gasteiger partial charge on any atom is -0.197 e. The summed E-state index contributed by atoms with van der Waals surface area (Å²) < 4.78 is 0. The van der Waals surface area contributed by atoms with Gasteiger partial charge < -0.3 is 0 Å². The summed E-state index contributed by atoms with van der Waals surface area (Å²) in [6, 6.07) is 15.4. The first-order valence-electron chi connectivity index (χ1n) is 5.52. The van der Waals surface area contributed by atoms with Gasteiger partial charge in [0.05, 0.1) is 12.0 Å². The van der Waals surface area contributed by atoms with Gasteiger partial charge >= 0.3 is 0 Å². The Balaban J connectivity index is 2.45. The molecule has 3 heteroatoms. The summed E-state index contributed by atoms with van der Waals surface area (Å²) in [5, 5.41) is 10.4. The van der Waals surface area contributed by atoms with Crippen LogP contribution in [0.15, 0.2) is 42.5 Å². The Bertz CT molecular complexity index is 577. The predicted octanol–water partition coefficient (Wildman–Crippen LogP) is 4.96. The molecule has 0 aliphatic heterocycles. The van der Waals surface area contributed by atoms with Crippen LogP contribution >= 0.6 is 23.2 Å². The quantitative estimate of drug-likeness (QED) is 0.760. The van der Waals surface area contributed by atoms with Crippen LogP contribution in [0.5, 0.6) is 0 Å². The number of nitrogens with zero attached hydrogens (tertiary/aromatic N) is 1. The van der Waals surface area contributed by atoms with Crippen molar-refractivity contribution in [2.75, 3.05) is 0 Å². The summed E-state index contributed by atoms with van der Waals surface area (Å²) in [6.45, 7) is 2.02. The van der Waals surface area contributed by atoms with Crippen LogP contribution < -0.4 is 0 Å². The highest BCUT2D eigenvalue weighted by atomic mass is 35.5. The summed E-state index contributed by atoms with van der Waals surface area (Å²) in [5.41, 5.74) is 2.93. The van der Waals surface area contributed by atoms with Crippen molar-refractivity contribution in [3.8, 4) is 6.07 Å². The van der Waals surface area contributed by atoms with Gasteiger partial charge in [0.1, 0.15) is 0 Å². The van der Waals surface area contributed by atoms with E-state index in [2.05, 4.69) is 6.07 Å². The van der Waals surface area contributed by atoms with Gasteiger partial charge in [0.25, 0.3) is 0 Å². The summed E-state index contributed by atoms with van der Waals surface area (Å²) in [7, 11) is 0. The van der Waals surface area contributed by atoms with Crippen molar-refractivity contribution in [2.45, 2.75) is 12.8 Å². The minimum absolute atomic E-state index is 0.346. The summed E-state index contributed by atoms with van der Waals surface area (Å²) >= 11 is 11.9. The van der Waals surface area contributed by atoms with E-state index >= 15 is 0 Å². The van der Waals surface area contributed by atoms with E-state index in [4.69, 9.17) is 23.2 Å². The molecule has 1 atom stereocenters. The molecule has 0 heterocycles. The molecule has 2 rings (SSSR count). The zero-order valence-corrected chi connectivity index (χ0v) is 11.3. The number of benzene rings is 2. The monoisotopic (exact) mass is 275 g/mol. The van der Waals surface area contributed by atoms with E-state index in [1.807, 2.05) is 31.2 Å². The molecule has 0 aliphatic rings. The molecule has 0 bridgehead atoms. The SMILES string of the molecule is Cc1ccc(C(C#N)c2cc(Cl)cc(Cl)c2)cc1. The zero-order valence-electron chi connectivity index (χ0n) is 9.82. The molecule has 0 radical (unpaired) electrons. The van der Waals surface area contributed by atoms with Crippen molar-refractivity contribution in [1.29, 1.82) is 5.26 Å². The van der Waals surface area contributed by atoms with Crippen LogP contribution in [0, 0.1) is 18.3 Å². The summed E-state index contributed by atoms with van der Waals surface area (Å²) in [6.07, 6.45) is 0. The van der Waals surface area contributed by atoms with E-state index in [0.717, 1.165) is 11.1 Å². The van der Waals surface area contributed by atoms with E-state index in [9.17, 15) is 5.26 Å². The average Bonchev–Trinajstić information content (AvgIpc) is 2.31. The van der Waals surface area contributed by atoms with Crippen molar-refractivity contribution in [3.63, 3.8) is 0 Å². The van der Waals surface area contributed by atoms with Crippen LogP contribution in [0.3, 0.4) is 0 Å². The van der Waals surface area contributed by atoms with Gasteiger partial charge in [-0.15, -0.1) is 0 Å². The molecule has 1 unspecified atom stereocenters. The van der Waals surface area contributed by atoms with Crippen molar-refractivity contribution in [1.82, 2.24) is 0 Å². The average molecular weight is 276 g/mol. The second-order valence-corrected chi connectivity index (χ2v) is 5.05. The maximum Gasteiger partial charge on any atom is 0.0963 e. The number of nitriles is 1. The van der Waals surface area contributed by atoms with Gasteiger partial charge in [-0.25, -0.2) is 0 Å². The molecule has 0 fully saturated rings. The fraction of sp³-hybridized carbons (Fsp3) is 0.133. The first-order valence-corrected chi connectivity index (χ1v) is 6.28. The van der Waals surface area contributed by atoms with Crippen LogP contribution in [0.25, 0.3) is 0 Å². The summed E-state index contributed by atoms with van der Waals surface area (Å²) in [5.74, 6) is -0.346. The van der Waals surface area contributed by atoms with Gasteiger partial charge in [0, 0.05) is 10.0 Å². The largest absolute Gasteiger partial charge is 0.197 e. The molecule has 0 aliphatic carbocycles. The highest BCUT2D eigenvalue weighted by Crippen LogP contribution is 2.29. The molecule has 0 N–H and O–H groups in total. The Morgan fingerprint density at radius 3 is 2.00 bits per heavy atom. The van der Waals surface area contributed by atoms with Crippen molar-refractivity contribution in [3.05, 3.63) is 69.2 Å². The van der Waals surface area contributed by atoms with Crippen molar-refractivity contribution < 1.29 is 0 Å². The third-order valence-electron chi connectivity index (χ3n) is 2.76. The fourth-order valence-corrected chi connectivity index (χ4v) is 2.39. The van der Waals surface area contributed by atoms with Gasteiger partial charge in [0.15, 0.2) is 0 Å². The normalized spacial score (nSPS) is 11.9. The third kappa shape index (κ3) is 2.85. The number of aryl methyl sites for hydroxylation is 1. The molecule has 18 heavy (non-hydrogen) atoms. The molecule has 2 aromatic carbocycles. The molecule has 0 saturated carbocycles. The minimum atomic E-state index is -0.346. The zero-order chi connectivity index (χ0) is 13.1. The summed E-state index contributed by atoms with van der Waals surface area (Å²) in [4.78, 5) is 0.